The van der Waals surface area contributed by atoms with E-state index in [0.29, 0.717) is 34.8 Å². The molecule has 4 rings (SSSR count). The third-order valence-corrected chi connectivity index (χ3v) is 6.77. The monoisotopic (exact) mass is 486 g/mol. The summed E-state index contributed by atoms with van der Waals surface area (Å²) in [5, 5.41) is 7.69. The quantitative estimate of drug-likeness (QED) is 0.416. The molecule has 0 aromatic carbocycles. The lowest BCUT2D eigenvalue weighted by Crippen LogP contribution is -2.44. The lowest BCUT2D eigenvalue weighted by atomic mass is 10.2. The lowest BCUT2D eigenvalue weighted by molar-refractivity contribution is 0.00298. The van der Waals surface area contributed by atoms with Gasteiger partial charge in [-0.3, -0.25) is 9.88 Å². The zero-order valence-electron chi connectivity index (χ0n) is 17.2. The number of anilines is 1. The van der Waals surface area contributed by atoms with Crippen molar-refractivity contribution in [2.24, 2.45) is 0 Å². The topological polar surface area (TPSA) is 80.4 Å². The largest absolute Gasteiger partial charge is 0.414 e. The van der Waals surface area contributed by atoms with E-state index in [4.69, 9.17) is 9.15 Å². The first kappa shape index (κ1) is 23.0. The molecule has 0 saturated carbocycles. The zero-order valence-corrected chi connectivity index (χ0v) is 18.8. The Balaban J connectivity index is 1.45. The highest BCUT2D eigenvalue weighted by atomic mass is 32.2. The van der Waals surface area contributed by atoms with Crippen LogP contribution in [0.1, 0.15) is 24.2 Å². The molecule has 13 heteroatoms. The van der Waals surface area contributed by atoms with Crippen molar-refractivity contribution in [3.8, 4) is 10.8 Å². The van der Waals surface area contributed by atoms with Gasteiger partial charge in [0, 0.05) is 31.0 Å². The van der Waals surface area contributed by atoms with Crippen LogP contribution < -0.4 is 4.31 Å². The van der Waals surface area contributed by atoms with Gasteiger partial charge in [-0.05, 0) is 18.9 Å². The highest BCUT2D eigenvalue weighted by Gasteiger charge is 2.21. The maximum absolute atomic E-state index is 13.8. The second-order valence-corrected chi connectivity index (χ2v) is 9.28. The summed E-state index contributed by atoms with van der Waals surface area (Å²) in [5.41, 5.74) is 0.611. The maximum Gasteiger partial charge on any atom is 0.314 e. The van der Waals surface area contributed by atoms with E-state index in [2.05, 4.69) is 32.0 Å². The van der Waals surface area contributed by atoms with Crippen molar-refractivity contribution in [2.75, 3.05) is 36.4 Å². The van der Waals surface area contributed by atoms with Crippen molar-refractivity contribution in [1.29, 1.82) is 0 Å². The fourth-order valence-electron chi connectivity index (χ4n) is 3.14. The normalized spacial score (nSPS) is 17.2. The van der Waals surface area contributed by atoms with Crippen LogP contribution >= 0.6 is 23.3 Å². The number of alkyl halides is 2. The molecule has 1 aliphatic heterocycles. The van der Waals surface area contributed by atoms with E-state index in [-0.39, 0.29) is 5.89 Å². The Hall–Kier alpha value is -2.22. The van der Waals surface area contributed by atoms with E-state index >= 15 is 0 Å². The Morgan fingerprint density at radius 1 is 1.31 bits per heavy atom. The molecule has 0 radical (unpaired) electrons. The molecule has 3 aromatic rings. The predicted octanol–water partition coefficient (Wildman–Crippen LogP) is 4.04. The third-order valence-electron chi connectivity index (χ3n) is 4.78. The number of aromatic nitrogens is 4. The number of morpholine rings is 1. The number of ether oxygens (including phenoxy) is 1. The fraction of sp³-hybridized carbons (Fsp3) is 0.474. The van der Waals surface area contributed by atoms with Crippen LogP contribution in [-0.2, 0) is 11.3 Å². The first-order valence-corrected chi connectivity index (χ1v) is 11.6. The minimum Gasteiger partial charge on any atom is -0.414 e. The molecule has 0 spiro atoms. The molecule has 0 unspecified atom stereocenters. The van der Waals surface area contributed by atoms with Gasteiger partial charge in [0.1, 0.15) is 15.7 Å². The molecule has 1 saturated heterocycles. The number of rotatable bonds is 9. The van der Waals surface area contributed by atoms with E-state index in [0.717, 1.165) is 31.6 Å². The molecule has 0 bridgehead atoms. The highest BCUT2D eigenvalue weighted by molar-refractivity contribution is 8.00. The van der Waals surface area contributed by atoms with E-state index in [1.165, 1.54) is 23.6 Å². The minimum atomic E-state index is -2.83. The molecule has 0 amide bonds. The van der Waals surface area contributed by atoms with Gasteiger partial charge in [0.25, 0.3) is 11.8 Å². The van der Waals surface area contributed by atoms with Crippen molar-refractivity contribution in [3.63, 3.8) is 0 Å². The average Bonchev–Trinajstić information content (AvgIpc) is 3.44. The zero-order chi connectivity index (χ0) is 22.5. The Kier molecular flexibility index (Phi) is 7.60. The second-order valence-electron chi connectivity index (χ2n) is 7.06. The smallest absolute Gasteiger partial charge is 0.314 e. The number of thiazole rings is 1. The van der Waals surface area contributed by atoms with Crippen molar-refractivity contribution in [2.45, 2.75) is 25.9 Å². The van der Waals surface area contributed by atoms with Crippen molar-refractivity contribution in [1.82, 2.24) is 25.1 Å². The maximum atomic E-state index is 13.8. The summed E-state index contributed by atoms with van der Waals surface area (Å²) in [6, 6.07) is 1.77. The van der Waals surface area contributed by atoms with Crippen LogP contribution in [0.25, 0.3) is 10.8 Å². The van der Waals surface area contributed by atoms with Gasteiger partial charge < -0.3 is 13.5 Å². The average molecular weight is 487 g/mol. The number of halogens is 3. The van der Waals surface area contributed by atoms with Gasteiger partial charge in [-0.15, -0.1) is 21.5 Å². The Bertz CT molecular complexity index is 1020. The molecule has 1 atom stereocenters. The van der Waals surface area contributed by atoms with Crippen LogP contribution in [0, 0.1) is 5.82 Å². The van der Waals surface area contributed by atoms with Gasteiger partial charge in [-0.1, -0.05) is 0 Å². The standard InChI is InChI=1S/C19H21F3N6O2S2/c1-12-11-29-4-2-27(12)3-5-31-28(14-6-13(20)7-23-8-14)10-16-24-9-15(32-16)18-25-26-19(30-18)17(21)22/h6-9,12,17H,2-5,10-11H2,1H3/t12-/m1/s1. The first-order chi connectivity index (χ1) is 15.5. The van der Waals surface area contributed by atoms with Crippen LogP contribution in [0.4, 0.5) is 18.9 Å². The molecule has 0 N–H and O–H groups in total. The molecular weight excluding hydrogens is 465 g/mol. The predicted molar refractivity (Wildman–Crippen MR) is 115 cm³/mol. The van der Waals surface area contributed by atoms with E-state index in [1.54, 1.807) is 18.1 Å². The SMILES string of the molecule is C[C@@H]1COCCN1CCSN(Cc1ncc(-c2nnc(C(F)F)o2)s1)c1cncc(F)c1. The van der Waals surface area contributed by atoms with Gasteiger partial charge in [0.05, 0.1) is 44.0 Å². The van der Waals surface area contributed by atoms with Crippen LogP contribution in [0.2, 0.25) is 0 Å². The Morgan fingerprint density at radius 2 is 2.19 bits per heavy atom. The van der Waals surface area contributed by atoms with Gasteiger partial charge in [-0.25, -0.2) is 9.37 Å². The highest BCUT2D eigenvalue weighted by Crippen LogP contribution is 2.31. The summed E-state index contributed by atoms with van der Waals surface area (Å²) in [6.07, 6.45) is 1.42. The van der Waals surface area contributed by atoms with Crippen molar-refractivity contribution < 1.29 is 22.3 Å². The molecule has 0 aliphatic carbocycles. The van der Waals surface area contributed by atoms with E-state index < -0.39 is 18.1 Å². The molecule has 32 heavy (non-hydrogen) atoms. The van der Waals surface area contributed by atoms with Gasteiger partial charge in [0.15, 0.2) is 0 Å². The molecular formula is C19H21F3N6O2S2. The summed E-state index contributed by atoms with van der Waals surface area (Å²) in [7, 11) is 0. The first-order valence-electron chi connectivity index (χ1n) is 9.89. The van der Waals surface area contributed by atoms with E-state index in [9.17, 15) is 13.2 Å². The molecule has 8 nitrogen and oxygen atoms in total. The van der Waals surface area contributed by atoms with Crippen LogP contribution in [0.15, 0.2) is 29.1 Å². The number of nitrogens with zero attached hydrogens (tertiary/aromatic N) is 6. The Labute approximate surface area is 190 Å². The van der Waals surface area contributed by atoms with Crippen LogP contribution in [0.5, 0.6) is 0 Å². The summed E-state index contributed by atoms with van der Waals surface area (Å²) < 4.78 is 51.6. The second kappa shape index (κ2) is 10.6. The summed E-state index contributed by atoms with van der Waals surface area (Å²) >= 11 is 2.80. The lowest BCUT2D eigenvalue weighted by Gasteiger charge is -2.33. The number of hydrogen-bond acceptors (Lipinski definition) is 10. The van der Waals surface area contributed by atoms with Crippen LogP contribution in [0.3, 0.4) is 0 Å². The molecule has 1 aliphatic rings. The summed E-state index contributed by atoms with van der Waals surface area (Å²) in [5.74, 6) is -0.382. The molecule has 3 aromatic heterocycles. The van der Waals surface area contributed by atoms with Crippen molar-refractivity contribution in [3.05, 3.63) is 41.4 Å². The van der Waals surface area contributed by atoms with Crippen LogP contribution in [-0.4, -0.2) is 63.2 Å². The van der Waals surface area contributed by atoms with Gasteiger partial charge in [-0.2, -0.15) is 8.78 Å². The third kappa shape index (κ3) is 5.77. The molecule has 4 heterocycles. The fourth-order valence-corrected chi connectivity index (χ4v) is 5.05. The number of pyridine rings is 1. The van der Waals surface area contributed by atoms with Crippen molar-refractivity contribution >= 4 is 29.0 Å². The summed E-state index contributed by atoms with van der Waals surface area (Å²) in [6.45, 7) is 5.67. The molecule has 172 valence electrons. The van der Waals surface area contributed by atoms with E-state index in [1.807, 2.05) is 4.31 Å². The number of hydrogen-bond donors (Lipinski definition) is 0. The van der Waals surface area contributed by atoms with Gasteiger partial charge >= 0.3 is 6.43 Å². The Morgan fingerprint density at radius 3 is 2.94 bits per heavy atom. The summed E-state index contributed by atoms with van der Waals surface area (Å²) in [4.78, 5) is 11.1. The minimum absolute atomic E-state index is 0.00280. The molecule has 1 fully saturated rings. The van der Waals surface area contributed by atoms with Gasteiger partial charge in [0.2, 0.25) is 0 Å².